The first-order chi connectivity index (χ1) is 11.7. The summed E-state index contributed by atoms with van der Waals surface area (Å²) >= 11 is 0. The van der Waals surface area contributed by atoms with Gasteiger partial charge in [0.25, 0.3) is 0 Å². The van der Waals surface area contributed by atoms with E-state index in [4.69, 9.17) is 0 Å². The Bertz CT molecular complexity index is 758. The van der Waals surface area contributed by atoms with Crippen LogP contribution in [0.15, 0.2) is 30.3 Å². The van der Waals surface area contributed by atoms with Gasteiger partial charge in [-0.05, 0) is 73.2 Å². The number of nitrogens with one attached hydrogen (secondary N) is 2. The lowest BCUT2D eigenvalue weighted by Gasteiger charge is -2.28. The summed E-state index contributed by atoms with van der Waals surface area (Å²) in [5.74, 6) is 1.19. The van der Waals surface area contributed by atoms with Gasteiger partial charge in [-0.1, -0.05) is 31.2 Å². The average molecular weight is 359 g/mol. The molecule has 1 heterocycles. The third kappa shape index (κ3) is 3.68. The van der Waals surface area contributed by atoms with Crippen LogP contribution < -0.4 is 10.6 Å². The molecular formula is C21H27ClN2O. The van der Waals surface area contributed by atoms with E-state index in [0.717, 1.165) is 31.6 Å². The second kappa shape index (κ2) is 7.76. The van der Waals surface area contributed by atoms with E-state index >= 15 is 0 Å². The molecule has 0 saturated carbocycles. The molecule has 1 amide bonds. The molecule has 2 aliphatic rings. The van der Waals surface area contributed by atoms with Crippen LogP contribution in [0, 0.1) is 11.8 Å². The van der Waals surface area contributed by atoms with Crippen molar-refractivity contribution >= 4 is 34.8 Å². The summed E-state index contributed by atoms with van der Waals surface area (Å²) in [6, 6.07) is 10.7. The first-order valence-electron chi connectivity index (χ1n) is 9.26. The Labute approximate surface area is 156 Å². The number of carbonyl (C=O) groups is 1. The lowest BCUT2D eigenvalue weighted by molar-refractivity contribution is -0.117. The predicted octanol–water partition coefficient (Wildman–Crippen LogP) is 4.32. The van der Waals surface area contributed by atoms with Crippen LogP contribution >= 0.6 is 12.4 Å². The highest BCUT2D eigenvalue weighted by molar-refractivity contribution is 6.05. The smallest absolute Gasteiger partial charge is 0.224 e. The van der Waals surface area contributed by atoms with E-state index in [2.05, 4.69) is 47.9 Å². The van der Waals surface area contributed by atoms with Gasteiger partial charge in [-0.15, -0.1) is 12.4 Å². The number of carbonyl (C=O) groups excluding carboxylic acids is 1. The third-order valence-electron chi connectivity index (χ3n) is 5.80. The second-order valence-corrected chi connectivity index (χ2v) is 7.45. The van der Waals surface area contributed by atoms with Crippen LogP contribution in [0.3, 0.4) is 0 Å². The molecule has 25 heavy (non-hydrogen) atoms. The zero-order chi connectivity index (χ0) is 16.5. The molecule has 4 heteroatoms. The molecule has 0 radical (unpaired) electrons. The fourth-order valence-corrected chi connectivity index (χ4v) is 4.38. The van der Waals surface area contributed by atoms with Gasteiger partial charge < -0.3 is 10.6 Å². The fourth-order valence-electron chi connectivity index (χ4n) is 4.38. The van der Waals surface area contributed by atoms with Crippen LogP contribution in [-0.4, -0.2) is 19.0 Å². The number of halogens is 1. The molecule has 134 valence electrons. The lowest BCUT2D eigenvalue weighted by Crippen LogP contribution is -2.34. The maximum Gasteiger partial charge on any atom is 0.224 e. The van der Waals surface area contributed by atoms with Crippen LogP contribution in [0.1, 0.15) is 37.3 Å². The Morgan fingerprint density at radius 3 is 2.80 bits per heavy atom. The number of benzene rings is 2. The monoisotopic (exact) mass is 358 g/mol. The normalized spacial score (nSPS) is 20.1. The van der Waals surface area contributed by atoms with Gasteiger partial charge >= 0.3 is 0 Å². The van der Waals surface area contributed by atoms with Crippen LogP contribution in [0.4, 0.5) is 5.69 Å². The van der Waals surface area contributed by atoms with Gasteiger partial charge in [-0.25, -0.2) is 0 Å². The molecule has 0 spiro atoms. The Morgan fingerprint density at radius 1 is 1.24 bits per heavy atom. The van der Waals surface area contributed by atoms with E-state index in [1.807, 2.05) is 0 Å². The number of aryl methyl sites for hydroxylation is 2. The topological polar surface area (TPSA) is 41.1 Å². The minimum atomic E-state index is 0. The van der Waals surface area contributed by atoms with E-state index in [1.165, 1.54) is 34.7 Å². The van der Waals surface area contributed by atoms with Crippen molar-refractivity contribution in [2.24, 2.45) is 11.8 Å². The number of rotatable bonds is 4. The summed E-state index contributed by atoms with van der Waals surface area (Å²) in [7, 11) is 0. The molecule has 0 bridgehead atoms. The standard InChI is InChI=1S/C21H26N2O.ClH/c1-14(17-5-3-11-22-13-17)12-20(24)23-19-10-9-16-8-7-15-4-2-6-18(19)21(15)16;/h2,4,6,9-10,14,17,22H,3,5,7-8,11-13H2,1H3,(H,23,24);1H. The quantitative estimate of drug-likeness (QED) is 0.854. The molecular weight excluding hydrogens is 332 g/mol. The van der Waals surface area contributed by atoms with Crippen molar-refractivity contribution in [3.05, 3.63) is 41.5 Å². The Hall–Kier alpha value is -1.58. The summed E-state index contributed by atoms with van der Waals surface area (Å²) in [5, 5.41) is 9.19. The molecule has 2 N–H and O–H groups in total. The van der Waals surface area contributed by atoms with Gasteiger partial charge in [0.2, 0.25) is 5.91 Å². The number of anilines is 1. The van der Waals surface area contributed by atoms with Crippen molar-refractivity contribution in [1.29, 1.82) is 0 Å². The minimum absolute atomic E-state index is 0. The van der Waals surface area contributed by atoms with Crippen LogP contribution in [-0.2, 0) is 17.6 Å². The van der Waals surface area contributed by atoms with E-state index in [0.29, 0.717) is 18.3 Å². The fraction of sp³-hybridized carbons (Fsp3) is 0.476. The number of hydrogen-bond acceptors (Lipinski definition) is 2. The summed E-state index contributed by atoms with van der Waals surface area (Å²) in [6.07, 6.45) is 5.31. The summed E-state index contributed by atoms with van der Waals surface area (Å²) in [5.41, 5.74) is 3.80. The highest BCUT2D eigenvalue weighted by atomic mass is 35.5. The van der Waals surface area contributed by atoms with Gasteiger partial charge in [0.05, 0.1) is 0 Å². The van der Waals surface area contributed by atoms with E-state index in [-0.39, 0.29) is 18.3 Å². The number of amides is 1. The molecule has 1 aliphatic carbocycles. The third-order valence-corrected chi connectivity index (χ3v) is 5.80. The second-order valence-electron chi connectivity index (χ2n) is 7.45. The molecule has 1 saturated heterocycles. The zero-order valence-electron chi connectivity index (χ0n) is 14.8. The minimum Gasteiger partial charge on any atom is -0.326 e. The highest BCUT2D eigenvalue weighted by Crippen LogP contribution is 2.35. The van der Waals surface area contributed by atoms with Crippen molar-refractivity contribution in [2.75, 3.05) is 18.4 Å². The highest BCUT2D eigenvalue weighted by Gasteiger charge is 2.23. The first-order valence-corrected chi connectivity index (χ1v) is 9.26. The predicted molar refractivity (Wildman–Crippen MR) is 107 cm³/mol. The van der Waals surface area contributed by atoms with E-state index in [9.17, 15) is 4.79 Å². The molecule has 4 rings (SSSR count). The zero-order valence-corrected chi connectivity index (χ0v) is 15.6. The van der Waals surface area contributed by atoms with Crippen molar-refractivity contribution < 1.29 is 4.79 Å². The lowest BCUT2D eigenvalue weighted by atomic mass is 9.85. The Morgan fingerprint density at radius 2 is 2.04 bits per heavy atom. The summed E-state index contributed by atoms with van der Waals surface area (Å²) < 4.78 is 0. The van der Waals surface area contributed by atoms with Crippen molar-refractivity contribution in [2.45, 2.75) is 39.0 Å². The van der Waals surface area contributed by atoms with Gasteiger partial charge in [-0.3, -0.25) is 4.79 Å². The van der Waals surface area contributed by atoms with Crippen molar-refractivity contribution in [1.82, 2.24) is 5.32 Å². The van der Waals surface area contributed by atoms with Crippen molar-refractivity contribution in [3.8, 4) is 0 Å². The van der Waals surface area contributed by atoms with Gasteiger partial charge in [0, 0.05) is 17.5 Å². The molecule has 1 fully saturated rings. The maximum atomic E-state index is 12.6. The van der Waals surface area contributed by atoms with E-state index in [1.54, 1.807) is 0 Å². The van der Waals surface area contributed by atoms with Crippen LogP contribution in [0.2, 0.25) is 0 Å². The first kappa shape index (κ1) is 18.2. The van der Waals surface area contributed by atoms with Crippen LogP contribution in [0.25, 0.3) is 10.8 Å². The Balaban J connectivity index is 0.00000182. The molecule has 0 aromatic heterocycles. The largest absolute Gasteiger partial charge is 0.326 e. The van der Waals surface area contributed by atoms with Crippen molar-refractivity contribution in [3.63, 3.8) is 0 Å². The molecule has 2 unspecified atom stereocenters. The van der Waals surface area contributed by atoms with Gasteiger partial charge in [-0.2, -0.15) is 0 Å². The molecule has 2 aromatic rings. The average Bonchev–Trinajstić information content (AvgIpc) is 3.03. The molecule has 2 aromatic carbocycles. The summed E-state index contributed by atoms with van der Waals surface area (Å²) in [4.78, 5) is 12.6. The van der Waals surface area contributed by atoms with Gasteiger partial charge in [0.15, 0.2) is 0 Å². The summed E-state index contributed by atoms with van der Waals surface area (Å²) in [6.45, 7) is 4.39. The van der Waals surface area contributed by atoms with Crippen LogP contribution in [0.5, 0.6) is 0 Å². The molecule has 3 nitrogen and oxygen atoms in total. The number of hydrogen-bond donors (Lipinski definition) is 2. The SMILES string of the molecule is CC(CC(=O)Nc1ccc2c3c(cccc13)CC2)C1CCCNC1.Cl. The maximum absolute atomic E-state index is 12.6. The van der Waals surface area contributed by atoms with Gasteiger partial charge in [0.1, 0.15) is 0 Å². The molecule has 1 aliphatic heterocycles. The molecule has 2 atom stereocenters. The Kier molecular flexibility index (Phi) is 5.65. The van der Waals surface area contributed by atoms with E-state index < -0.39 is 0 Å². The number of piperidine rings is 1.